The van der Waals surface area contributed by atoms with E-state index in [9.17, 15) is 4.79 Å². The number of hydrogen-bond acceptors (Lipinski definition) is 4. The molecule has 3 rings (SSSR count). The number of hydrogen-bond donors (Lipinski definition) is 2. The number of nitrogens with one attached hydrogen (secondary N) is 2. The molecular formula is C17H20ClN5O. The molecule has 2 aromatic rings. The summed E-state index contributed by atoms with van der Waals surface area (Å²) in [7, 11) is 0. The summed E-state index contributed by atoms with van der Waals surface area (Å²) in [6, 6.07) is 7.04. The zero-order valence-electron chi connectivity index (χ0n) is 13.6. The molecule has 0 saturated carbocycles. The molecule has 1 aliphatic heterocycles. The highest BCUT2D eigenvalue weighted by Gasteiger charge is 2.14. The van der Waals surface area contributed by atoms with Gasteiger partial charge in [-0.25, -0.2) is 14.8 Å². The summed E-state index contributed by atoms with van der Waals surface area (Å²) in [5, 5.41) is 6.00. The third kappa shape index (κ3) is 4.14. The minimum atomic E-state index is -0.337. The van der Waals surface area contributed by atoms with E-state index in [-0.39, 0.29) is 12.6 Å². The van der Waals surface area contributed by atoms with E-state index >= 15 is 0 Å². The number of carbonyl (C=O) groups excluding carboxylic acids is 1. The number of benzene rings is 1. The van der Waals surface area contributed by atoms with Gasteiger partial charge in [-0.15, -0.1) is 0 Å². The van der Waals surface area contributed by atoms with Gasteiger partial charge in [-0.3, -0.25) is 0 Å². The van der Waals surface area contributed by atoms with Crippen molar-refractivity contribution in [2.24, 2.45) is 0 Å². The SMILES string of the molecule is Cc1ccc(NC(=O)NCc2nccc(N3CCCC3)n2)c(Cl)c1. The number of halogens is 1. The largest absolute Gasteiger partial charge is 0.357 e. The second kappa shape index (κ2) is 7.49. The van der Waals surface area contributed by atoms with E-state index in [2.05, 4.69) is 25.5 Å². The van der Waals surface area contributed by atoms with Crippen LogP contribution in [-0.2, 0) is 6.54 Å². The van der Waals surface area contributed by atoms with Crippen molar-refractivity contribution in [3.63, 3.8) is 0 Å². The molecular weight excluding hydrogens is 326 g/mol. The second-order valence-corrected chi connectivity index (χ2v) is 6.22. The zero-order valence-corrected chi connectivity index (χ0v) is 14.3. The molecule has 0 atom stereocenters. The Labute approximate surface area is 146 Å². The average Bonchev–Trinajstić information content (AvgIpc) is 3.10. The molecule has 126 valence electrons. The predicted octanol–water partition coefficient (Wildman–Crippen LogP) is 3.36. The first-order valence-corrected chi connectivity index (χ1v) is 8.37. The van der Waals surface area contributed by atoms with Crippen molar-refractivity contribution >= 4 is 29.1 Å². The molecule has 1 aromatic heterocycles. The topological polar surface area (TPSA) is 70.2 Å². The van der Waals surface area contributed by atoms with E-state index in [4.69, 9.17) is 11.6 Å². The first-order chi connectivity index (χ1) is 11.6. The van der Waals surface area contributed by atoms with E-state index < -0.39 is 0 Å². The van der Waals surface area contributed by atoms with Crippen LogP contribution < -0.4 is 15.5 Å². The minimum absolute atomic E-state index is 0.261. The summed E-state index contributed by atoms with van der Waals surface area (Å²) in [4.78, 5) is 23.0. The van der Waals surface area contributed by atoms with Gasteiger partial charge in [-0.05, 0) is 43.5 Å². The van der Waals surface area contributed by atoms with Crippen LogP contribution in [0.3, 0.4) is 0 Å². The lowest BCUT2D eigenvalue weighted by Gasteiger charge is -2.16. The van der Waals surface area contributed by atoms with E-state index in [1.165, 1.54) is 12.8 Å². The van der Waals surface area contributed by atoms with Crippen LogP contribution in [0.5, 0.6) is 0 Å². The summed E-state index contributed by atoms with van der Waals surface area (Å²) >= 11 is 6.11. The average molecular weight is 346 g/mol. The Morgan fingerprint density at radius 1 is 1.29 bits per heavy atom. The fraction of sp³-hybridized carbons (Fsp3) is 0.353. The van der Waals surface area contributed by atoms with E-state index in [1.54, 1.807) is 18.3 Å². The number of urea groups is 1. The molecule has 2 N–H and O–H groups in total. The molecule has 0 aliphatic carbocycles. The van der Waals surface area contributed by atoms with Gasteiger partial charge >= 0.3 is 6.03 Å². The minimum Gasteiger partial charge on any atom is -0.357 e. The van der Waals surface area contributed by atoms with Crippen LogP contribution in [0.4, 0.5) is 16.3 Å². The van der Waals surface area contributed by atoms with Crippen molar-refractivity contribution in [2.75, 3.05) is 23.3 Å². The van der Waals surface area contributed by atoms with Gasteiger partial charge in [0.25, 0.3) is 0 Å². The Morgan fingerprint density at radius 2 is 2.08 bits per heavy atom. The second-order valence-electron chi connectivity index (χ2n) is 5.82. The van der Waals surface area contributed by atoms with Crippen LogP contribution in [0.2, 0.25) is 5.02 Å². The molecule has 1 fully saturated rings. The Morgan fingerprint density at radius 3 is 2.83 bits per heavy atom. The molecule has 24 heavy (non-hydrogen) atoms. The van der Waals surface area contributed by atoms with Crippen molar-refractivity contribution in [3.05, 3.63) is 46.9 Å². The number of amides is 2. The van der Waals surface area contributed by atoms with Crippen LogP contribution in [0.1, 0.15) is 24.2 Å². The Balaban J connectivity index is 1.57. The third-order valence-corrected chi connectivity index (χ3v) is 4.21. The van der Waals surface area contributed by atoms with E-state index in [0.29, 0.717) is 16.5 Å². The number of carbonyl (C=O) groups is 1. The monoisotopic (exact) mass is 345 g/mol. The molecule has 7 heteroatoms. The molecule has 0 radical (unpaired) electrons. The highest BCUT2D eigenvalue weighted by Crippen LogP contribution is 2.22. The van der Waals surface area contributed by atoms with Gasteiger partial charge in [0, 0.05) is 19.3 Å². The van der Waals surface area contributed by atoms with Crippen LogP contribution in [-0.4, -0.2) is 29.1 Å². The molecule has 0 spiro atoms. The van der Waals surface area contributed by atoms with Gasteiger partial charge < -0.3 is 15.5 Å². The normalized spacial score (nSPS) is 13.8. The summed E-state index contributed by atoms with van der Waals surface area (Å²) in [6.07, 6.45) is 4.11. The molecule has 2 amide bonds. The van der Waals surface area contributed by atoms with Gasteiger partial charge in [0.05, 0.1) is 17.3 Å². The number of aromatic nitrogens is 2. The molecule has 1 aromatic carbocycles. The van der Waals surface area contributed by atoms with Crippen LogP contribution in [0.15, 0.2) is 30.5 Å². The number of rotatable bonds is 4. The van der Waals surface area contributed by atoms with Gasteiger partial charge in [-0.2, -0.15) is 0 Å². The molecule has 6 nitrogen and oxygen atoms in total. The highest BCUT2D eigenvalue weighted by atomic mass is 35.5. The lowest BCUT2D eigenvalue weighted by molar-refractivity contribution is 0.251. The standard InChI is InChI=1S/C17H20ClN5O/c1-12-4-5-14(13(18)10-12)21-17(24)20-11-15-19-7-6-16(22-15)23-8-2-3-9-23/h4-7,10H,2-3,8-9,11H2,1H3,(H2,20,21,24). The fourth-order valence-corrected chi connectivity index (χ4v) is 2.93. The fourth-order valence-electron chi connectivity index (χ4n) is 2.64. The van der Waals surface area contributed by atoms with Crippen LogP contribution >= 0.6 is 11.6 Å². The maximum Gasteiger partial charge on any atom is 0.319 e. The van der Waals surface area contributed by atoms with Gasteiger partial charge in [0.2, 0.25) is 0 Å². The number of aryl methyl sites for hydroxylation is 1. The lowest BCUT2D eigenvalue weighted by Crippen LogP contribution is -2.29. The third-order valence-electron chi connectivity index (χ3n) is 3.90. The van der Waals surface area contributed by atoms with Crippen molar-refractivity contribution < 1.29 is 4.79 Å². The molecule has 1 aliphatic rings. The molecule has 1 saturated heterocycles. The van der Waals surface area contributed by atoms with Gasteiger partial charge in [0.1, 0.15) is 11.6 Å². The first-order valence-electron chi connectivity index (χ1n) is 8.00. The van der Waals surface area contributed by atoms with E-state index in [0.717, 1.165) is 24.5 Å². The zero-order chi connectivity index (χ0) is 16.9. The quantitative estimate of drug-likeness (QED) is 0.891. The maximum atomic E-state index is 12.0. The highest BCUT2D eigenvalue weighted by molar-refractivity contribution is 6.33. The van der Waals surface area contributed by atoms with E-state index in [1.807, 2.05) is 19.1 Å². The van der Waals surface area contributed by atoms with Crippen LogP contribution in [0.25, 0.3) is 0 Å². The lowest BCUT2D eigenvalue weighted by atomic mass is 10.2. The van der Waals surface area contributed by atoms with Crippen molar-refractivity contribution in [1.82, 2.24) is 15.3 Å². The summed E-state index contributed by atoms with van der Waals surface area (Å²) in [5.74, 6) is 1.51. The summed E-state index contributed by atoms with van der Waals surface area (Å²) in [6.45, 7) is 4.25. The summed E-state index contributed by atoms with van der Waals surface area (Å²) < 4.78 is 0. The summed E-state index contributed by atoms with van der Waals surface area (Å²) in [5.41, 5.74) is 1.62. The number of nitrogens with zero attached hydrogens (tertiary/aromatic N) is 3. The smallest absolute Gasteiger partial charge is 0.319 e. The van der Waals surface area contributed by atoms with Crippen LogP contribution in [0, 0.1) is 6.92 Å². The molecule has 2 heterocycles. The van der Waals surface area contributed by atoms with Crippen molar-refractivity contribution in [1.29, 1.82) is 0 Å². The van der Waals surface area contributed by atoms with Gasteiger partial charge in [0.15, 0.2) is 0 Å². The van der Waals surface area contributed by atoms with Crippen molar-refractivity contribution in [2.45, 2.75) is 26.3 Å². The Kier molecular flexibility index (Phi) is 5.15. The predicted molar refractivity (Wildman–Crippen MR) is 95.5 cm³/mol. The Bertz CT molecular complexity index is 731. The maximum absolute atomic E-state index is 12.0. The van der Waals surface area contributed by atoms with Gasteiger partial charge in [-0.1, -0.05) is 17.7 Å². The Hall–Kier alpha value is -2.34. The molecule has 0 bridgehead atoms. The van der Waals surface area contributed by atoms with Crippen molar-refractivity contribution in [3.8, 4) is 0 Å². The number of anilines is 2. The molecule has 0 unspecified atom stereocenters. The first kappa shape index (κ1) is 16.5.